The lowest BCUT2D eigenvalue weighted by Gasteiger charge is -2.07. The minimum Gasteiger partial charge on any atom is -0.393 e. The van der Waals surface area contributed by atoms with Crippen molar-refractivity contribution >= 4 is 23.9 Å². The summed E-state index contributed by atoms with van der Waals surface area (Å²) in [7, 11) is 0. The summed E-state index contributed by atoms with van der Waals surface area (Å²) >= 11 is 0. The summed E-state index contributed by atoms with van der Waals surface area (Å²) in [6.07, 6.45) is 38.8. The first kappa shape index (κ1) is 51.7. The Balaban J connectivity index is 3.55. The zero-order valence-corrected chi connectivity index (χ0v) is 34.8. The molecule has 0 amide bonds. The molecule has 0 aromatic heterocycles. The van der Waals surface area contributed by atoms with Gasteiger partial charge in [0.15, 0.2) is 0 Å². The number of carbonyl (C=O) groups is 4. The molecule has 2 atom stereocenters. The standard InChI is InChI=1S/C46H82O8/c1-3-5-7-25-33-41(47)35-27-19-13-9-11-15-21-29-37-43(49)53-45(51)39-31-23-17-18-24-32-40-46(52)54-44(50)38-30-22-16-12-10-14-20-28-36-42(48)34-26-8-6-4-2/h19-20,27-28,41-42,47-48H,3-18,21-26,29-40H2,1-2H3/t41-,42-/m1/s1. The highest BCUT2D eigenvalue weighted by atomic mass is 16.6. The van der Waals surface area contributed by atoms with Crippen molar-refractivity contribution in [3.05, 3.63) is 24.3 Å². The van der Waals surface area contributed by atoms with Crippen LogP contribution in [0.3, 0.4) is 0 Å². The first-order valence-electron chi connectivity index (χ1n) is 22.4. The van der Waals surface area contributed by atoms with Gasteiger partial charge in [0.05, 0.1) is 12.2 Å². The molecule has 0 radical (unpaired) electrons. The Hall–Kier alpha value is -2.32. The average molecular weight is 763 g/mol. The predicted octanol–water partition coefficient (Wildman–Crippen LogP) is 12.3. The number of ether oxygens (including phenoxy) is 2. The van der Waals surface area contributed by atoms with Gasteiger partial charge < -0.3 is 19.7 Å². The van der Waals surface area contributed by atoms with Crippen molar-refractivity contribution < 1.29 is 38.9 Å². The summed E-state index contributed by atoms with van der Waals surface area (Å²) in [6.45, 7) is 4.39. The van der Waals surface area contributed by atoms with Gasteiger partial charge >= 0.3 is 23.9 Å². The fraction of sp³-hybridized carbons (Fsp3) is 0.826. The molecule has 0 aliphatic rings. The third kappa shape index (κ3) is 39.4. The second-order valence-electron chi connectivity index (χ2n) is 15.3. The van der Waals surface area contributed by atoms with Crippen LogP contribution in [0.4, 0.5) is 0 Å². The van der Waals surface area contributed by atoms with E-state index in [1.165, 1.54) is 38.5 Å². The van der Waals surface area contributed by atoms with Gasteiger partial charge in [-0.3, -0.25) is 19.2 Å². The molecule has 0 saturated carbocycles. The molecule has 0 rings (SSSR count). The lowest BCUT2D eigenvalue weighted by Crippen LogP contribution is -2.12. The van der Waals surface area contributed by atoms with Crippen LogP contribution in [-0.2, 0) is 28.7 Å². The number of hydrogen-bond acceptors (Lipinski definition) is 8. The monoisotopic (exact) mass is 763 g/mol. The number of rotatable bonds is 39. The number of carbonyl (C=O) groups excluding carboxylic acids is 4. The lowest BCUT2D eigenvalue weighted by atomic mass is 10.1. The fourth-order valence-electron chi connectivity index (χ4n) is 6.42. The van der Waals surface area contributed by atoms with Crippen molar-refractivity contribution in [1.82, 2.24) is 0 Å². The molecule has 0 unspecified atom stereocenters. The van der Waals surface area contributed by atoms with Crippen molar-refractivity contribution in [2.45, 2.75) is 244 Å². The van der Waals surface area contributed by atoms with Crippen molar-refractivity contribution in [3.8, 4) is 0 Å². The summed E-state index contributed by atoms with van der Waals surface area (Å²) in [5.74, 6) is -1.77. The Kier molecular flexibility index (Phi) is 38.6. The Labute approximate surface area is 330 Å². The molecule has 0 heterocycles. The summed E-state index contributed by atoms with van der Waals surface area (Å²) in [4.78, 5) is 47.9. The Morgan fingerprint density at radius 2 is 0.667 bits per heavy atom. The molecule has 314 valence electrons. The van der Waals surface area contributed by atoms with Gasteiger partial charge in [-0.05, 0) is 77.0 Å². The largest absolute Gasteiger partial charge is 0.393 e. The van der Waals surface area contributed by atoms with Crippen LogP contribution < -0.4 is 0 Å². The second-order valence-corrected chi connectivity index (χ2v) is 15.3. The molecule has 54 heavy (non-hydrogen) atoms. The number of hydrogen-bond donors (Lipinski definition) is 2. The van der Waals surface area contributed by atoms with Gasteiger partial charge in [-0.2, -0.15) is 0 Å². The number of aliphatic hydroxyl groups is 2. The first-order valence-corrected chi connectivity index (χ1v) is 22.4. The molecule has 0 saturated heterocycles. The van der Waals surface area contributed by atoms with E-state index < -0.39 is 23.9 Å². The number of aliphatic hydroxyl groups excluding tert-OH is 2. The number of allylic oxidation sites excluding steroid dienone is 2. The lowest BCUT2D eigenvalue weighted by molar-refractivity contribution is -0.161. The average Bonchev–Trinajstić information content (AvgIpc) is 3.14. The molecule has 8 heteroatoms. The Bertz CT molecular complexity index is 882. The first-order chi connectivity index (χ1) is 26.3. The van der Waals surface area contributed by atoms with Gasteiger partial charge in [-0.15, -0.1) is 0 Å². The predicted molar refractivity (Wildman–Crippen MR) is 221 cm³/mol. The third-order valence-corrected chi connectivity index (χ3v) is 9.90. The van der Waals surface area contributed by atoms with Crippen molar-refractivity contribution in [1.29, 1.82) is 0 Å². The quantitative estimate of drug-likeness (QED) is 0.0274. The molecule has 0 aliphatic heterocycles. The highest BCUT2D eigenvalue weighted by molar-refractivity contribution is 5.85. The SMILES string of the molecule is CCCCCC[C@@H](O)CC=CCCCCCCCC(=O)OC(=O)CCCCCCCCC(=O)OC(=O)CCCCCCCC=CC[C@H](O)CCCCCC. The maximum Gasteiger partial charge on any atom is 0.313 e. The van der Waals surface area contributed by atoms with E-state index in [0.29, 0.717) is 12.8 Å². The summed E-state index contributed by atoms with van der Waals surface area (Å²) in [5, 5.41) is 20.0. The fourth-order valence-corrected chi connectivity index (χ4v) is 6.42. The maximum absolute atomic E-state index is 12.0. The topological polar surface area (TPSA) is 127 Å². The van der Waals surface area contributed by atoms with E-state index >= 15 is 0 Å². The molecule has 0 bridgehead atoms. The highest BCUT2D eigenvalue weighted by Crippen LogP contribution is 2.14. The molecule has 0 fully saturated rings. The van der Waals surface area contributed by atoms with Crippen LogP contribution in [0.2, 0.25) is 0 Å². The molecule has 2 N–H and O–H groups in total. The maximum atomic E-state index is 12.0. The molecule has 0 aromatic carbocycles. The molecular weight excluding hydrogens is 680 g/mol. The Morgan fingerprint density at radius 3 is 0.981 bits per heavy atom. The normalized spacial score (nSPS) is 12.7. The molecular formula is C46H82O8. The van der Waals surface area contributed by atoms with Gasteiger partial charge in [0.2, 0.25) is 0 Å². The molecule has 0 spiro atoms. The second kappa shape index (κ2) is 40.3. The van der Waals surface area contributed by atoms with E-state index in [2.05, 4.69) is 38.2 Å². The van der Waals surface area contributed by atoms with E-state index in [1.807, 2.05) is 0 Å². The zero-order valence-electron chi connectivity index (χ0n) is 34.8. The summed E-state index contributed by atoms with van der Waals surface area (Å²) in [6, 6.07) is 0. The van der Waals surface area contributed by atoms with E-state index in [1.54, 1.807) is 0 Å². The smallest absolute Gasteiger partial charge is 0.313 e. The van der Waals surface area contributed by atoms with Crippen molar-refractivity contribution in [3.63, 3.8) is 0 Å². The van der Waals surface area contributed by atoms with Crippen LogP contribution in [0.1, 0.15) is 232 Å². The van der Waals surface area contributed by atoms with Crippen molar-refractivity contribution in [2.75, 3.05) is 0 Å². The summed E-state index contributed by atoms with van der Waals surface area (Å²) < 4.78 is 9.93. The van der Waals surface area contributed by atoms with E-state index in [9.17, 15) is 29.4 Å². The van der Waals surface area contributed by atoms with Gasteiger partial charge in [-0.1, -0.05) is 154 Å². The Morgan fingerprint density at radius 1 is 0.389 bits per heavy atom. The van der Waals surface area contributed by atoms with Crippen molar-refractivity contribution in [2.24, 2.45) is 0 Å². The van der Waals surface area contributed by atoms with Gasteiger partial charge in [0, 0.05) is 25.7 Å². The van der Waals surface area contributed by atoms with E-state index in [0.717, 1.165) is 141 Å². The van der Waals surface area contributed by atoms with Crippen LogP contribution in [0.25, 0.3) is 0 Å². The van der Waals surface area contributed by atoms with Gasteiger partial charge in [-0.25, -0.2) is 0 Å². The number of unbranched alkanes of at least 4 members (excludes halogenated alkanes) is 21. The molecule has 0 aromatic rings. The number of esters is 4. The zero-order chi connectivity index (χ0) is 39.7. The van der Waals surface area contributed by atoms with Crippen LogP contribution in [0.5, 0.6) is 0 Å². The van der Waals surface area contributed by atoms with Crippen LogP contribution in [0, 0.1) is 0 Å². The highest BCUT2D eigenvalue weighted by Gasteiger charge is 2.11. The van der Waals surface area contributed by atoms with E-state index in [-0.39, 0.29) is 37.9 Å². The minimum atomic E-state index is -0.450. The molecule has 8 nitrogen and oxygen atoms in total. The molecule has 0 aliphatic carbocycles. The van der Waals surface area contributed by atoms with Crippen LogP contribution >= 0.6 is 0 Å². The van der Waals surface area contributed by atoms with Gasteiger partial charge in [0.25, 0.3) is 0 Å². The van der Waals surface area contributed by atoms with Gasteiger partial charge in [0.1, 0.15) is 0 Å². The van der Waals surface area contributed by atoms with E-state index in [4.69, 9.17) is 9.47 Å². The summed E-state index contributed by atoms with van der Waals surface area (Å²) in [5.41, 5.74) is 0. The minimum absolute atomic E-state index is 0.218. The van der Waals surface area contributed by atoms with Crippen LogP contribution in [-0.4, -0.2) is 46.3 Å². The third-order valence-electron chi connectivity index (χ3n) is 9.90. The van der Waals surface area contributed by atoms with Crippen LogP contribution in [0.15, 0.2) is 24.3 Å².